The molecule has 1 fully saturated rings. The van der Waals surface area contributed by atoms with Crippen LogP contribution >= 0.6 is 0 Å². The topological polar surface area (TPSA) is 89.9 Å². The Bertz CT molecular complexity index is 316. The number of carboxylic acid groups (broad SMARTS) is 1. The van der Waals surface area contributed by atoms with Gasteiger partial charge in [-0.3, -0.25) is 0 Å². The summed E-state index contributed by atoms with van der Waals surface area (Å²) in [4.78, 5) is 24.9. The molecule has 1 atom stereocenters. The van der Waals surface area contributed by atoms with Gasteiger partial charge in [0.2, 0.25) is 0 Å². The summed E-state index contributed by atoms with van der Waals surface area (Å²) in [5.74, 6) is -1.18. The van der Waals surface area contributed by atoms with Crippen molar-refractivity contribution in [2.24, 2.45) is 5.92 Å². The first-order valence-electron chi connectivity index (χ1n) is 6.88. The van der Waals surface area contributed by atoms with Crippen LogP contribution in [-0.4, -0.2) is 52.3 Å². The first-order valence-corrected chi connectivity index (χ1v) is 6.88. The largest absolute Gasteiger partial charge is 0.480 e. The van der Waals surface area contributed by atoms with Gasteiger partial charge in [-0.05, 0) is 31.6 Å². The minimum Gasteiger partial charge on any atom is -0.480 e. The van der Waals surface area contributed by atoms with Crippen molar-refractivity contribution in [3.05, 3.63) is 0 Å². The van der Waals surface area contributed by atoms with E-state index in [-0.39, 0.29) is 24.6 Å². The fraction of sp³-hybridized carbons (Fsp3) is 0.846. The number of hydrogen-bond donors (Lipinski definition) is 3. The first kappa shape index (κ1) is 15.8. The Morgan fingerprint density at radius 2 is 2.00 bits per heavy atom. The number of aliphatic carboxylic acids is 1. The Morgan fingerprint density at radius 1 is 1.37 bits per heavy atom. The molecule has 0 spiro atoms. The van der Waals surface area contributed by atoms with Gasteiger partial charge in [0.05, 0.1) is 0 Å². The molecule has 1 saturated carbocycles. The highest BCUT2D eigenvalue weighted by molar-refractivity contribution is 5.83. The van der Waals surface area contributed by atoms with E-state index >= 15 is 0 Å². The first-order chi connectivity index (χ1) is 8.97. The number of hydrogen-bond acceptors (Lipinski definition) is 3. The zero-order valence-corrected chi connectivity index (χ0v) is 11.6. The summed E-state index contributed by atoms with van der Waals surface area (Å²) in [5.41, 5.74) is 0. The molecule has 3 N–H and O–H groups in total. The number of urea groups is 1. The Kier molecular flexibility index (Phi) is 6.08. The molecule has 0 unspecified atom stereocenters. The van der Waals surface area contributed by atoms with Crippen molar-refractivity contribution in [2.45, 2.75) is 51.6 Å². The number of aliphatic hydroxyl groups excluding tert-OH is 1. The van der Waals surface area contributed by atoms with Crippen LogP contribution in [0.25, 0.3) is 0 Å². The molecule has 0 bridgehead atoms. The van der Waals surface area contributed by atoms with Crippen molar-refractivity contribution in [2.75, 3.05) is 13.2 Å². The molecule has 0 aromatic heterocycles. The van der Waals surface area contributed by atoms with Gasteiger partial charge >= 0.3 is 12.0 Å². The van der Waals surface area contributed by atoms with Crippen LogP contribution in [0.3, 0.4) is 0 Å². The number of carbonyl (C=O) groups excluding carboxylic acids is 1. The normalized spacial score (nSPS) is 16.8. The summed E-state index contributed by atoms with van der Waals surface area (Å²) in [6.45, 7) is 4.03. The van der Waals surface area contributed by atoms with Gasteiger partial charge in [-0.25, -0.2) is 9.59 Å². The van der Waals surface area contributed by atoms with Crippen LogP contribution in [0, 0.1) is 5.92 Å². The van der Waals surface area contributed by atoms with E-state index in [1.165, 1.54) is 0 Å². The van der Waals surface area contributed by atoms with Gasteiger partial charge in [-0.1, -0.05) is 13.8 Å². The molecule has 0 aromatic rings. The van der Waals surface area contributed by atoms with Crippen molar-refractivity contribution in [1.29, 1.82) is 0 Å². The third-order valence-corrected chi connectivity index (χ3v) is 3.55. The van der Waals surface area contributed by atoms with E-state index in [0.29, 0.717) is 13.0 Å². The Balaban J connectivity index is 2.61. The van der Waals surface area contributed by atoms with Gasteiger partial charge in [0, 0.05) is 19.2 Å². The van der Waals surface area contributed by atoms with Crippen molar-refractivity contribution >= 4 is 12.0 Å². The monoisotopic (exact) mass is 272 g/mol. The fourth-order valence-corrected chi connectivity index (χ4v) is 2.12. The second-order valence-electron chi connectivity index (χ2n) is 5.36. The minimum absolute atomic E-state index is 0.0308. The van der Waals surface area contributed by atoms with Gasteiger partial charge in [-0.15, -0.1) is 0 Å². The highest BCUT2D eigenvalue weighted by atomic mass is 16.4. The van der Waals surface area contributed by atoms with Gasteiger partial charge in [0.1, 0.15) is 6.04 Å². The quantitative estimate of drug-likeness (QED) is 0.646. The maximum absolute atomic E-state index is 12.2. The third-order valence-electron chi connectivity index (χ3n) is 3.55. The van der Waals surface area contributed by atoms with Crippen LogP contribution < -0.4 is 5.32 Å². The lowest BCUT2D eigenvalue weighted by Crippen LogP contribution is -2.54. The predicted octanol–water partition coefficient (Wildman–Crippen LogP) is 1.04. The van der Waals surface area contributed by atoms with Gasteiger partial charge in [0.15, 0.2) is 0 Å². The molecule has 1 aliphatic carbocycles. The number of aliphatic hydroxyl groups is 1. The smallest absolute Gasteiger partial charge is 0.326 e. The summed E-state index contributed by atoms with van der Waals surface area (Å²) in [6.07, 6.45) is 3.53. The number of nitrogens with zero attached hydrogens (tertiary/aromatic N) is 1. The van der Waals surface area contributed by atoms with E-state index in [1.54, 1.807) is 18.7 Å². The zero-order valence-electron chi connectivity index (χ0n) is 11.6. The van der Waals surface area contributed by atoms with E-state index in [1.807, 2.05) is 0 Å². The maximum Gasteiger partial charge on any atom is 0.326 e. The molecule has 0 saturated heterocycles. The summed E-state index contributed by atoms with van der Waals surface area (Å²) < 4.78 is 0. The van der Waals surface area contributed by atoms with Crippen LogP contribution in [0.2, 0.25) is 0 Å². The molecule has 1 aliphatic rings. The maximum atomic E-state index is 12.2. The molecule has 6 nitrogen and oxygen atoms in total. The second-order valence-corrected chi connectivity index (χ2v) is 5.36. The van der Waals surface area contributed by atoms with Crippen LogP contribution in [0.4, 0.5) is 4.79 Å². The van der Waals surface area contributed by atoms with Crippen molar-refractivity contribution in [3.63, 3.8) is 0 Å². The highest BCUT2D eigenvalue weighted by Crippen LogP contribution is 2.25. The summed E-state index contributed by atoms with van der Waals surface area (Å²) in [6, 6.07) is -1.02. The SMILES string of the molecule is CC(C)[C@H](NC(=O)N(CCCO)C1CCC1)C(=O)O. The molecule has 0 aliphatic heterocycles. The Morgan fingerprint density at radius 3 is 2.37 bits per heavy atom. The predicted molar refractivity (Wildman–Crippen MR) is 70.8 cm³/mol. The third kappa shape index (κ3) is 4.38. The van der Waals surface area contributed by atoms with Crippen molar-refractivity contribution in [3.8, 4) is 0 Å². The Labute approximate surface area is 113 Å². The Hall–Kier alpha value is -1.30. The van der Waals surface area contributed by atoms with Gasteiger partial charge in [0.25, 0.3) is 0 Å². The zero-order chi connectivity index (χ0) is 14.4. The van der Waals surface area contributed by atoms with Crippen LogP contribution in [0.5, 0.6) is 0 Å². The van der Waals surface area contributed by atoms with Crippen molar-refractivity contribution < 1.29 is 19.8 Å². The number of carbonyl (C=O) groups is 2. The molecular formula is C13H24N2O4. The van der Waals surface area contributed by atoms with E-state index in [2.05, 4.69) is 5.32 Å². The lowest BCUT2D eigenvalue weighted by Gasteiger charge is -2.38. The number of nitrogens with one attached hydrogen (secondary N) is 1. The molecule has 2 amide bonds. The molecule has 0 radical (unpaired) electrons. The minimum atomic E-state index is -1.01. The molecule has 19 heavy (non-hydrogen) atoms. The van der Waals surface area contributed by atoms with Crippen LogP contribution in [0.15, 0.2) is 0 Å². The summed E-state index contributed by atoms with van der Waals surface area (Å²) in [7, 11) is 0. The molecule has 1 rings (SSSR count). The average Bonchev–Trinajstić information content (AvgIpc) is 2.27. The fourth-order valence-electron chi connectivity index (χ4n) is 2.12. The highest BCUT2D eigenvalue weighted by Gasteiger charge is 2.31. The lowest BCUT2D eigenvalue weighted by atomic mass is 9.91. The lowest BCUT2D eigenvalue weighted by molar-refractivity contribution is -0.140. The van der Waals surface area contributed by atoms with Crippen molar-refractivity contribution in [1.82, 2.24) is 10.2 Å². The average molecular weight is 272 g/mol. The van der Waals surface area contributed by atoms with E-state index in [9.17, 15) is 9.59 Å². The van der Waals surface area contributed by atoms with E-state index < -0.39 is 12.0 Å². The van der Waals surface area contributed by atoms with Crippen LogP contribution in [-0.2, 0) is 4.79 Å². The molecule has 0 heterocycles. The molecular weight excluding hydrogens is 248 g/mol. The number of rotatable bonds is 7. The molecule has 0 aromatic carbocycles. The second kappa shape index (κ2) is 7.33. The standard InChI is InChI=1S/C13H24N2O4/c1-9(2)11(12(17)18)14-13(19)15(7-4-8-16)10-5-3-6-10/h9-11,16H,3-8H2,1-2H3,(H,14,19)(H,17,18)/t11-/m0/s1. The van der Waals surface area contributed by atoms with Gasteiger partial charge in [-0.2, -0.15) is 0 Å². The van der Waals surface area contributed by atoms with E-state index in [4.69, 9.17) is 10.2 Å². The summed E-state index contributed by atoms with van der Waals surface area (Å²) in [5, 5.41) is 20.5. The van der Waals surface area contributed by atoms with Gasteiger partial charge < -0.3 is 20.4 Å². The summed E-state index contributed by atoms with van der Waals surface area (Å²) >= 11 is 0. The number of carboxylic acids is 1. The molecule has 110 valence electrons. The number of amides is 2. The van der Waals surface area contributed by atoms with E-state index in [0.717, 1.165) is 19.3 Å². The van der Waals surface area contributed by atoms with Crippen LogP contribution in [0.1, 0.15) is 39.5 Å². The molecule has 6 heteroatoms.